The van der Waals surface area contributed by atoms with E-state index < -0.39 is 0 Å². The minimum Gasteiger partial charge on any atom is -0.467 e. The number of furan rings is 1. The second-order valence-electron chi connectivity index (χ2n) is 5.73. The Kier molecular flexibility index (Phi) is 4.30. The van der Waals surface area contributed by atoms with Crippen molar-refractivity contribution in [2.24, 2.45) is 0 Å². The molecule has 0 saturated heterocycles. The summed E-state index contributed by atoms with van der Waals surface area (Å²) in [5.41, 5.74) is 2.62. The third-order valence-electron chi connectivity index (χ3n) is 3.93. The minimum absolute atomic E-state index is 0.239. The minimum atomic E-state index is -0.239. The number of benzene rings is 1. The fraction of sp³-hybridized carbons (Fsp3) is 0.0500. The average Bonchev–Trinajstić information content (AvgIpc) is 3.20. The van der Waals surface area contributed by atoms with Crippen molar-refractivity contribution in [1.82, 2.24) is 9.97 Å². The van der Waals surface area contributed by atoms with Gasteiger partial charge in [-0.2, -0.15) is 0 Å². The molecule has 1 aromatic carbocycles. The Morgan fingerprint density at radius 3 is 2.88 bits per heavy atom. The molecule has 4 aromatic rings. The maximum Gasteiger partial charge on any atom is 0.257 e. The summed E-state index contributed by atoms with van der Waals surface area (Å²) in [5, 5.41) is 7.07. The van der Waals surface area contributed by atoms with Crippen LogP contribution in [0.5, 0.6) is 0 Å². The number of para-hydroxylation sites is 1. The maximum atomic E-state index is 12.6. The molecule has 0 aliphatic carbocycles. The number of fused-ring (bicyclic) bond motifs is 1. The van der Waals surface area contributed by atoms with Gasteiger partial charge in [-0.15, -0.1) is 0 Å². The van der Waals surface area contributed by atoms with E-state index in [4.69, 9.17) is 4.42 Å². The molecule has 2 N–H and O–H groups in total. The lowest BCUT2D eigenvalue weighted by molar-refractivity contribution is 0.102. The molecule has 0 unspecified atom stereocenters. The zero-order valence-corrected chi connectivity index (χ0v) is 13.8. The number of hydrogen-bond donors (Lipinski definition) is 2. The molecule has 128 valence electrons. The van der Waals surface area contributed by atoms with Crippen molar-refractivity contribution in [3.63, 3.8) is 0 Å². The molecule has 1 amide bonds. The quantitative estimate of drug-likeness (QED) is 0.570. The first-order valence-corrected chi connectivity index (χ1v) is 8.16. The number of carbonyl (C=O) groups excluding carboxylic acids is 1. The molecule has 3 aromatic heterocycles. The van der Waals surface area contributed by atoms with Crippen molar-refractivity contribution in [2.45, 2.75) is 6.54 Å². The Morgan fingerprint density at radius 1 is 1.08 bits per heavy atom. The van der Waals surface area contributed by atoms with Crippen LogP contribution in [0.1, 0.15) is 16.1 Å². The molecule has 0 aliphatic heterocycles. The van der Waals surface area contributed by atoms with Gasteiger partial charge in [0.05, 0.1) is 35.3 Å². The number of anilines is 2. The van der Waals surface area contributed by atoms with Crippen molar-refractivity contribution in [3.8, 4) is 0 Å². The fourth-order valence-corrected chi connectivity index (χ4v) is 2.66. The zero-order chi connectivity index (χ0) is 17.8. The molecule has 0 spiro atoms. The summed E-state index contributed by atoms with van der Waals surface area (Å²) < 4.78 is 5.28. The van der Waals surface area contributed by atoms with E-state index in [-0.39, 0.29) is 5.91 Å². The van der Waals surface area contributed by atoms with E-state index in [1.165, 1.54) is 6.20 Å². The van der Waals surface area contributed by atoms with Gasteiger partial charge in [-0.1, -0.05) is 18.2 Å². The van der Waals surface area contributed by atoms with E-state index in [2.05, 4.69) is 20.6 Å². The van der Waals surface area contributed by atoms with Gasteiger partial charge in [0.1, 0.15) is 5.76 Å². The average molecular weight is 344 g/mol. The fourth-order valence-electron chi connectivity index (χ4n) is 2.66. The lowest BCUT2D eigenvalue weighted by Gasteiger charge is -2.09. The Labute approximate surface area is 149 Å². The van der Waals surface area contributed by atoms with Crippen molar-refractivity contribution in [2.75, 3.05) is 10.6 Å². The molecular formula is C20H16N4O2. The first kappa shape index (κ1) is 15.8. The van der Waals surface area contributed by atoms with Gasteiger partial charge in [0.25, 0.3) is 5.91 Å². The number of carbonyl (C=O) groups is 1. The van der Waals surface area contributed by atoms with Crippen LogP contribution in [0.2, 0.25) is 0 Å². The first-order valence-electron chi connectivity index (χ1n) is 8.16. The summed E-state index contributed by atoms with van der Waals surface area (Å²) in [6.45, 7) is 0.521. The van der Waals surface area contributed by atoms with Crippen LogP contribution in [-0.4, -0.2) is 15.9 Å². The number of rotatable bonds is 5. The molecule has 6 nitrogen and oxygen atoms in total. The third-order valence-corrected chi connectivity index (χ3v) is 3.93. The topological polar surface area (TPSA) is 80.0 Å². The van der Waals surface area contributed by atoms with Gasteiger partial charge >= 0.3 is 0 Å². The van der Waals surface area contributed by atoms with E-state index >= 15 is 0 Å². The molecule has 0 radical (unpaired) electrons. The second kappa shape index (κ2) is 7.06. The van der Waals surface area contributed by atoms with E-state index in [1.807, 2.05) is 42.5 Å². The summed E-state index contributed by atoms with van der Waals surface area (Å²) >= 11 is 0. The number of nitrogens with zero attached hydrogens (tertiary/aromatic N) is 2. The Hall–Kier alpha value is -3.67. The molecule has 26 heavy (non-hydrogen) atoms. The van der Waals surface area contributed by atoms with Crippen LogP contribution < -0.4 is 10.6 Å². The molecule has 0 fully saturated rings. The number of amides is 1. The van der Waals surface area contributed by atoms with Gasteiger partial charge in [0.15, 0.2) is 0 Å². The second-order valence-corrected chi connectivity index (χ2v) is 5.73. The van der Waals surface area contributed by atoms with Gasteiger partial charge in [-0.25, -0.2) is 0 Å². The van der Waals surface area contributed by atoms with Crippen LogP contribution in [0.25, 0.3) is 10.9 Å². The summed E-state index contributed by atoms with van der Waals surface area (Å²) in [5.74, 6) is 0.569. The van der Waals surface area contributed by atoms with E-state index in [0.717, 1.165) is 22.4 Å². The van der Waals surface area contributed by atoms with Crippen LogP contribution in [-0.2, 0) is 6.54 Å². The van der Waals surface area contributed by atoms with Crippen molar-refractivity contribution in [1.29, 1.82) is 0 Å². The summed E-state index contributed by atoms with van der Waals surface area (Å²) in [6.07, 6.45) is 6.53. The van der Waals surface area contributed by atoms with E-state index in [1.54, 1.807) is 24.7 Å². The summed E-state index contributed by atoms with van der Waals surface area (Å²) in [7, 11) is 0. The standard InChI is InChI=1S/C20H16N4O2/c25-20(24-18-7-1-4-14-5-2-8-22-19(14)18)15-10-16(12-21-11-15)23-13-17-6-3-9-26-17/h1-12,23H,13H2,(H,24,25). The molecule has 0 saturated carbocycles. The van der Waals surface area contributed by atoms with Crippen LogP contribution >= 0.6 is 0 Å². The van der Waals surface area contributed by atoms with Gasteiger partial charge < -0.3 is 15.1 Å². The van der Waals surface area contributed by atoms with Crippen LogP contribution in [0.4, 0.5) is 11.4 Å². The summed E-state index contributed by atoms with van der Waals surface area (Å²) in [4.78, 5) is 21.1. The first-order chi connectivity index (χ1) is 12.8. The predicted molar refractivity (Wildman–Crippen MR) is 100.0 cm³/mol. The molecule has 3 heterocycles. The zero-order valence-electron chi connectivity index (χ0n) is 13.8. The van der Waals surface area contributed by atoms with Crippen molar-refractivity contribution < 1.29 is 9.21 Å². The molecule has 4 rings (SSSR count). The van der Waals surface area contributed by atoms with Gasteiger partial charge in [-0.05, 0) is 30.3 Å². The molecule has 0 atom stereocenters. The number of hydrogen-bond acceptors (Lipinski definition) is 5. The Balaban J connectivity index is 1.51. The molecular weight excluding hydrogens is 328 g/mol. The Morgan fingerprint density at radius 2 is 2.00 bits per heavy atom. The SMILES string of the molecule is O=C(Nc1cccc2cccnc12)c1cncc(NCc2ccco2)c1. The van der Waals surface area contributed by atoms with E-state index in [9.17, 15) is 4.79 Å². The third kappa shape index (κ3) is 3.39. The number of nitrogens with one attached hydrogen (secondary N) is 2. The highest BCUT2D eigenvalue weighted by Crippen LogP contribution is 2.21. The Bertz CT molecular complexity index is 1040. The lowest BCUT2D eigenvalue weighted by atomic mass is 10.2. The van der Waals surface area contributed by atoms with Crippen LogP contribution in [0.15, 0.2) is 77.8 Å². The number of pyridine rings is 2. The molecule has 0 bridgehead atoms. The molecule has 6 heteroatoms. The molecule has 0 aliphatic rings. The number of aromatic nitrogens is 2. The summed E-state index contributed by atoms with van der Waals surface area (Å²) in [6, 6.07) is 15.0. The van der Waals surface area contributed by atoms with E-state index in [0.29, 0.717) is 17.8 Å². The largest absolute Gasteiger partial charge is 0.467 e. The van der Waals surface area contributed by atoms with Crippen LogP contribution in [0, 0.1) is 0 Å². The normalized spacial score (nSPS) is 10.6. The monoisotopic (exact) mass is 344 g/mol. The maximum absolute atomic E-state index is 12.6. The van der Waals surface area contributed by atoms with Gasteiger partial charge in [0.2, 0.25) is 0 Å². The van der Waals surface area contributed by atoms with Gasteiger partial charge in [-0.3, -0.25) is 14.8 Å². The highest BCUT2D eigenvalue weighted by Gasteiger charge is 2.10. The van der Waals surface area contributed by atoms with Crippen molar-refractivity contribution >= 4 is 28.2 Å². The van der Waals surface area contributed by atoms with Gasteiger partial charge in [0, 0.05) is 24.0 Å². The lowest BCUT2D eigenvalue weighted by Crippen LogP contribution is -2.13. The van der Waals surface area contributed by atoms with Crippen LogP contribution in [0.3, 0.4) is 0 Å². The highest BCUT2D eigenvalue weighted by molar-refractivity contribution is 6.08. The highest BCUT2D eigenvalue weighted by atomic mass is 16.3. The predicted octanol–water partition coefficient (Wildman–Crippen LogP) is 4.09. The smallest absolute Gasteiger partial charge is 0.257 e. The van der Waals surface area contributed by atoms with Crippen molar-refractivity contribution in [3.05, 3.63) is 84.7 Å².